The highest BCUT2D eigenvalue weighted by atomic mass is 16.5. The second-order valence-corrected chi connectivity index (χ2v) is 4.74. The summed E-state index contributed by atoms with van der Waals surface area (Å²) in [5.41, 5.74) is 1.23. The lowest BCUT2D eigenvalue weighted by atomic mass is 10.2. The van der Waals surface area contributed by atoms with E-state index in [0.717, 1.165) is 6.42 Å². The van der Waals surface area contributed by atoms with Gasteiger partial charge in [-0.05, 0) is 32.3 Å². The fourth-order valence-corrected chi connectivity index (χ4v) is 2.28. The van der Waals surface area contributed by atoms with Crippen molar-refractivity contribution in [1.29, 1.82) is 0 Å². The molecular formula is C13H22N2O. The maximum atomic E-state index is 5.77. The number of rotatable bonds is 5. The maximum absolute atomic E-state index is 5.77. The Bertz CT molecular complexity index is 315. The normalized spacial score (nSPS) is 19.1. The summed E-state index contributed by atoms with van der Waals surface area (Å²) in [4.78, 5) is 0. The second-order valence-electron chi connectivity index (χ2n) is 4.74. The van der Waals surface area contributed by atoms with Crippen LogP contribution in [0.15, 0.2) is 12.3 Å². The molecule has 0 amide bonds. The van der Waals surface area contributed by atoms with Gasteiger partial charge in [0, 0.05) is 6.20 Å². The third-order valence-electron chi connectivity index (χ3n) is 3.51. The molecule has 0 unspecified atom stereocenters. The van der Waals surface area contributed by atoms with Gasteiger partial charge in [-0.1, -0.05) is 19.8 Å². The Labute approximate surface area is 97.8 Å². The topological polar surface area (TPSA) is 27.1 Å². The molecular weight excluding hydrogens is 200 g/mol. The van der Waals surface area contributed by atoms with E-state index >= 15 is 0 Å². The van der Waals surface area contributed by atoms with E-state index in [9.17, 15) is 0 Å². The van der Waals surface area contributed by atoms with Crippen LogP contribution in [0.5, 0.6) is 0 Å². The van der Waals surface area contributed by atoms with Crippen molar-refractivity contribution in [3.05, 3.63) is 18.0 Å². The lowest BCUT2D eigenvalue weighted by Gasteiger charge is -2.16. The van der Waals surface area contributed by atoms with E-state index in [-0.39, 0.29) is 0 Å². The molecule has 3 heteroatoms. The molecule has 0 saturated heterocycles. The SMILES string of the molecule is CC[C@H](C)OCc1ccnn1C1CCCC1. The molecule has 1 heterocycles. The van der Waals surface area contributed by atoms with Crippen molar-refractivity contribution in [2.24, 2.45) is 0 Å². The van der Waals surface area contributed by atoms with Gasteiger partial charge in [-0.3, -0.25) is 4.68 Å². The summed E-state index contributed by atoms with van der Waals surface area (Å²) in [6.45, 7) is 4.97. The highest BCUT2D eigenvalue weighted by Crippen LogP contribution is 2.29. The third kappa shape index (κ3) is 2.64. The van der Waals surface area contributed by atoms with Crippen LogP contribution in [0.4, 0.5) is 0 Å². The van der Waals surface area contributed by atoms with Gasteiger partial charge >= 0.3 is 0 Å². The molecule has 1 aliphatic carbocycles. The summed E-state index contributed by atoms with van der Waals surface area (Å²) < 4.78 is 7.95. The van der Waals surface area contributed by atoms with Crippen LogP contribution in [0, 0.1) is 0 Å². The zero-order chi connectivity index (χ0) is 11.4. The predicted octanol–water partition coefficient (Wildman–Crippen LogP) is 3.31. The van der Waals surface area contributed by atoms with Gasteiger partial charge in [0.1, 0.15) is 0 Å². The van der Waals surface area contributed by atoms with Crippen LogP contribution < -0.4 is 0 Å². The van der Waals surface area contributed by atoms with Crippen molar-refractivity contribution in [3.8, 4) is 0 Å². The number of hydrogen-bond donors (Lipinski definition) is 0. The van der Waals surface area contributed by atoms with Crippen molar-refractivity contribution in [1.82, 2.24) is 9.78 Å². The van der Waals surface area contributed by atoms with Gasteiger partial charge < -0.3 is 4.74 Å². The van der Waals surface area contributed by atoms with E-state index in [1.165, 1.54) is 31.4 Å². The molecule has 1 aromatic heterocycles. The molecule has 1 fully saturated rings. The summed E-state index contributed by atoms with van der Waals surface area (Å²) in [5, 5.41) is 4.44. The van der Waals surface area contributed by atoms with E-state index in [2.05, 4.69) is 29.7 Å². The van der Waals surface area contributed by atoms with Crippen molar-refractivity contribution in [2.45, 2.75) is 64.7 Å². The van der Waals surface area contributed by atoms with E-state index in [0.29, 0.717) is 18.8 Å². The monoisotopic (exact) mass is 222 g/mol. The minimum absolute atomic E-state index is 0.340. The Kier molecular flexibility index (Phi) is 3.99. The van der Waals surface area contributed by atoms with Gasteiger partial charge in [-0.15, -0.1) is 0 Å². The summed E-state index contributed by atoms with van der Waals surface area (Å²) in [7, 11) is 0. The largest absolute Gasteiger partial charge is 0.372 e. The predicted molar refractivity (Wildman–Crippen MR) is 64.3 cm³/mol. The number of aromatic nitrogens is 2. The van der Waals surface area contributed by atoms with Crippen LogP contribution in [-0.4, -0.2) is 15.9 Å². The quantitative estimate of drug-likeness (QED) is 0.764. The van der Waals surface area contributed by atoms with Gasteiger partial charge in [-0.25, -0.2) is 0 Å². The summed E-state index contributed by atoms with van der Waals surface area (Å²) in [6, 6.07) is 2.70. The zero-order valence-electron chi connectivity index (χ0n) is 10.4. The van der Waals surface area contributed by atoms with Crippen LogP contribution in [0.2, 0.25) is 0 Å². The Hall–Kier alpha value is -0.830. The van der Waals surface area contributed by atoms with E-state index in [4.69, 9.17) is 4.74 Å². The molecule has 1 saturated carbocycles. The molecule has 0 spiro atoms. The standard InChI is InChI=1S/C13H22N2O/c1-3-11(2)16-10-13-8-9-14-15(13)12-6-4-5-7-12/h8-9,11-12H,3-7,10H2,1-2H3/t11-/m0/s1. The average Bonchev–Trinajstić information content (AvgIpc) is 2.95. The first-order chi connectivity index (χ1) is 7.81. The van der Waals surface area contributed by atoms with Gasteiger partial charge in [0.15, 0.2) is 0 Å². The first kappa shape index (κ1) is 11.6. The van der Waals surface area contributed by atoms with Gasteiger partial charge in [0.2, 0.25) is 0 Å². The summed E-state index contributed by atoms with van der Waals surface area (Å²) in [6.07, 6.45) is 8.54. The molecule has 0 radical (unpaired) electrons. The number of ether oxygens (including phenoxy) is 1. The fourth-order valence-electron chi connectivity index (χ4n) is 2.28. The van der Waals surface area contributed by atoms with Crippen molar-refractivity contribution in [3.63, 3.8) is 0 Å². The van der Waals surface area contributed by atoms with E-state index in [1.807, 2.05) is 6.20 Å². The number of nitrogens with zero attached hydrogens (tertiary/aromatic N) is 2. The van der Waals surface area contributed by atoms with Gasteiger partial charge in [0.25, 0.3) is 0 Å². The van der Waals surface area contributed by atoms with Crippen LogP contribution in [-0.2, 0) is 11.3 Å². The molecule has 0 N–H and O–H groups in total. The van der Waals surface area contributed by atoms with Crippen molar-refractivity contribution < 1.29 is 4.74 Å². The lowest BCUT2D eigenvalue weighted by Crippen LogP contribution is -2.13. The molecule has 0 aliphatic heterocycles. The molecule has 3 nitrogen and oxygen atoms in total. The minimum atomic E-state index is 0.340. The summed E-state index contributed by atoms with van der Waals surface area (Å²) >= 11 is 0. The zero-order valence-corrected chi connectivity index (χ0v) is 10.4. The molecule has 1 atom stereocenters. The van der Waals surface area contributed by atoms with Crippen LogP contribution in [0.25, 0.3) is 0 Å². The van der Waals surface area contributed by atoms with Crippen molar-refractivity contribution >= 4 is 0 Å². The Morgan fingerprint density at radius 2 is 2.25 bits per heavy atom. The van der Waals surface area contributed by atoms with Crippen LogP contribution >= 0.6 is 0 Å². The molecule has 0 aromatic carbocycles. The minimum Gasteiger partial charge on any atom is -0.372 e. The molecule has 90 valence electrons. The van der Waals surface area contributed by atoms with Crippen LogP contribution in [0.1, 0.15) is 57.7 Å². The van der Waals surface area contributed by atoms with Gasteiger partial charge in [-0.2, -0.15) is 5.10 Å². The van der Waals surface area contributed by atoms with Crippen molar-refractivity contribution in [2.75, 3.05) is 0 Å². The molecule has 1 aliphatic rings. The first-order valence-electron chi connectivity index (χ1n) is 6.45. The Balaban J connectivity index is 1.95. The smallest absolute Gasteiger partial charge is 0.0888 e. The Morgan fingerprint density at radius 3 is 2.94 bits per heavy atom. The summed E-state index contributed by atoms with van der Waals surface area (Å²) in [5.74, 6) is 0. The third-order valence-corrected chi connectivity index (χ3v) is 3.51. The van der Waals surface area contributed by atoms with E-state index in [1.54, 1.807) is 0 Å². The van der Waals surface area contributed by atoms with E-state index < -0.39 is 0 Å². The lowest BCUT2D eigenvalue weighted by molar-refractivity contribution is 0.0458. The van der Waals surface area contributed by atoms with Gasteiger partial charge in [0.05, 0.1) is 24.4 Å². The molecule has 1 aromatic rings. The maximum Gasteiger partial charge on any atom is 0.0888 e. The average molecular weight is 222 g/mol. The van der Waals surface area contributed by atoms with Crippen LogP contribution in [0.3, 0.4) is 0 Å². The number of hydrogen-bond acceptors (Lipinski definition) is 2. The highest BCUT2D eigenvalue weighted by molar-refractivity contribution is 5.01. The second kappa shape index (κ2) is 5.48. The molecule has 2 rings (SSSR count). The molecule has 0 bridgehead atoms. The first-order valence-corrected chi connectivity index (χ1v) is 6.45. The fraction of sp³-hybridized carbons (Fsp3) is 0.769. The molecule has 16 heavy (non-hydrogen) atoms. The Morgan fingerprint density at radius 1 is 1.50 bits per heavy atom. The highest BCUT2D eigenvalue weighted by Gasteiger charge is 2.19.